The normalized spacial score (nSPS) is 13.8. The summed E-state index contributed by atoms with van der Waals surface area (Å²) in [5, 5.41) is 0. The van der Waals surface area contributed by atoms with Gasteiger partial charge in [0, 0.05) is 13.0 Å². The summed E-state index contributed by atoms with van der Waals surface area (Å²) in [5.41, 5.74) is 0. The molecule has 8 nitrogen and oxygen atoms in total. The molecule has 9 heteroatoms. The van der Waals surface area contributed by atoms with Crippen LogP contribution in [-0.4, -0.2) is 70.7 Å². The van der Waals surface area contributed by atoms with Gasteiger partial charge in [0.25, 0.3) is 7.82 Å². The fraction of sp³-hybridized carbons (Fsp3) is 0.847. The Morgan fingerprint density at radius 1 is 0.471 bits per heavy atom. The zero-order valence-corrected chi connectivity index (χ0v) is 46.5. The van der Waals surface area contributed by atoms with Crippen molar-refractivity contribution in [3.8, 4) is 0 Å². The summed E-state index contributed by atoms with van der Waals surface area (Å²) in [5.74, 6) is -0.329. The molecule has 0 aliphatic carbocycles. The number of allylic oxidation sites excluding steroid dienone is 8. The van der Waals surface area contributed by atoms with Crippen molar-refractivity contribution >= 4 is 13.8 Å². The number of unbranched alkanes of at least 4 members (excludes halogenated alkanes) is 32. The number of hydrogen-bond donors (Lipinski definition) is 0. The molecular weight excluding hydrogens is 866 g/mol. The summed E-state index contributed by atoms with van der Waals surface area (Å²) in [6.07, 6.45) is 65.8. The number of rotatable bonds is 54. The van der Waals surface area contributed by atoms with Gasteiger partial charge in [-0.2, -0.15) is 0 Å². The van der Waals surface area contributed by atoms with Gasteiger partial charge in [-0.1, -0.05) is 255 Å². The van der Waals surface area contributed by atoms with Crippen molar-refractivity contribution in [2.24, 2.45) is 0 Å². The lowest BCUT2D eigenvalue weighted by Gasteiger charge is -2.28. The zero-order chi connectivity index (χ0) is 49.8. The number of nitrogens with zero attached hydrogens (tertiary/aromatic N) is 1. The van der Waals surface area contributed by atoms with Gasteiger partial charge in [0.05, 0.1) is 34.4 Å². The largest absolute Gasteiger partial charge is 0.756 e. The van der Waals surface area contributed by atoms with E-state index in [-0.39, 0.29) is 25.8 Å². The molecule has 0 radical (unpaired) electrons. The Bertz CT molecular complexity index is 1230. The Morgan fingerprint density at radius 3 is 1.28 bits per heavy atom. The Morgan fingerprint density at radius 2 is 0.853 bits per heavy atom. The minimum Gasteiger partial charge on any atom is -0.756 e. The van der Waals surface area contributed by atoms with Crippen molar-refractivity contribution in [1.82, 2.24) is 0 Å². The van der Waals surface area contributed by atoms with E-state index in [0.29, 0.717) is 24.1 Å². The molecule has 0 heterocycles. The van der Waals surface area contributed by atoms with Crippen molar-refractivity contribution in [1.29, 1.82) is 0 Å². The highest BCUT2D eigenvalue weighted by Crippen LogP contribution is 2.38. The van der Waals surface area contributed by atoms with Crippen LogP contribution in [0.1, 0.15) is 264 Å². The van der Waals surface area contributed by atoms with E-state index in [9.17, 15) is 14.3 Å². The Hall–Kier alpha value is -1.54. The van der Waals surface area contributed by atoms with Crippen LogP contribution in [0.15, 0.2) is 48.6 Å². The third-order valence-electron chi connectivity index (χ3n) is 12.6. The van der Waals surface area contributed by atoms with Crippen molar-refractivity contribution in [3.63, 3.8) is 0 Å². The zero-order valence-electron chi connectivity index (χ0n) is 45.6. The highest BCUT2D eigenvalue weighted by Gasteiger charge is 2.20. The van der Waals surface area contributed by atoms with Crippen LogP contribution in [-0.2, 0) is 27.9 Å². The summed E-state index contributed by atoms with van der Waals surface area (Å²) in [6, 6.07) is 0. The second-order valence-electron chi connectivity index (χ2n) is 20.6. The molecule has 0 N–H and O–H groups in total. The maximum absolute atomic E-state index is 12.8. The SMILES string of the molecule is CC/C=C\C/C=C\C/C=C\C/C=C\CCCCCCCCCCCCCCCOCC(COP(=O)([O-])OCC[N+](C)(C)C)OC(=O)CCCCCCCCCCCCCCCCCCCCCC. The number of hydrogen-bond acceptors (Lipinski definition) is 7. The number of carbonyl (C=O) groups is 1. The molecule has 2 unspecified atom stereocenters. The number of ether oxygens (including phenoxy) is 2. The van der Waals surface area contributed by atoms with Gasteiger partial charge in [-0.15, -0.1) is 0 Å². The molecule has 0 spiro atoms. The van der Waals surface area contributed by atoms with Gasteiger partial charge in [0.15, 0.2) is 0 Å². The fourth-order valence-corrected chi connectivity index (χ4v) is 8.98. The molecule has 68 heavy (non-hydrogen) atoms. The van der Waals surface area contributed by atoms with Crippen LogP contribution in [0.4, 0.5) is 0 Å². The fourth-order valence-electron chi connectivity index (χ4n) is 8.25. The van der Waals surface area contributed by atoms with Crippen LogP contribution in [0.25, 0.3) is 0 Å². The second kappa shape index (κ2) is 51.8. The van der Waals surface area contributed by atoms with E-state index in [1.807, 2.05) is 21.1 Å². The van der Waals surface area contributed by atoms with Crippen molar-refractivity contribution < 1.29 is 37.3 Å². The first-order valence-corrected chi connectivity index (χ1v) is 30.3. The number of carbonyl (C=O) groups excluding carboxylic acids is 1. The summed E-state index contributed by atoms with van der Waals surface area (Å²) in [7, 11) is 1.37. The number of likely N-dealkylation sites (N-methyl/N-ethyl adjacent to an activating group) is 1. The predicted molar refractivity (Wildman–Crippen MR) is 291 cm³/mol. The smallest absolute Gasteiger partial charge is 0.306 e. The van der Waals surface area contributed by atoms with Crippen LogP contribution >= 0.6 is 7.82 Å². The molecule has 0 amide bonds. The molecule has 0 saturated heterocycles. The van der Waals surface area contributed by atoms with Gasteiger partial charge in [0.2, 0.25) is 0 Å². The maximum atomic E-state index is 12.8. The third-order valence-corrected chi connectivity index (χ3v) is 13.6. The molecule has 0 aliphatic heterocycles. The molecule has 0 bridgehead atoms. The average molecular weight is 979 g/mol. The summed E-state index contributed by atoms with van der Waals surface area (Å²) in [6.45, 7) is 5.35. The molecule has 0 fully saturated rings. The lowest BCUT2D eigenvalue weighted by Crippen LogP contribution is -2.37. The third kappa shape index (κ3) is 55.4. The lowest BCUT2D eigenvalue weighted by atomic mass is 10.0. The minimum absolute atomic E-state index is 0.0271. The van der Waals surface area contributed by atoms with Gasteiger partial charge in [0.1, 0.15) is 19.3 Å². The Kier molecular flexibility index (Phi) is 50.6. The number of phosphoric ester groups is 1. The van der Waals surface area contributed by atoms with E-state index in [2.05, 4.69) is 62.5 Å². The highest BCUT2D eigenvalue weighted by atomic mass is 31.2. The van der Waals surface area contributed by atoms with E-state index in [1.54, 1.807) is 0 Å². The average Bonchev–Trinajstić information content (AvgIpc) is 3.30. The first-order valence-electron chi connectivity index (χ1n) is 28.9. The first kappa shape index (κ1) is 66.5. The van der Waals surface area contributed by atoms with Gasteiger partial charge >= 0.3 is 5.97 Å². The molecule has 400 valence electrons. The molecule has 0 aromatic heterocycles. The molecule has 0 aromatic carbocycles. The quantitative estimate of drug-likeness (QED) is 0.0197. The molecule has 0 aliphatic rings. The first-order chi connectivity index (χ1) is 33.1. The van der Waals surface area contributed by atoms with E-state index < -0.39 is 13.9 Å². The summed E-state index contributed by atoms with van der Waals surface area (Å²) >= 11 is 0. The Labute approximate surface area is 422 Å². The van der Waals surface area contributed by atoms with E-state index in [1.165, 1.54) is 186 Å². The number of esters is 1. The monoisotopic (exact) mass is 978 g/mol. The Balaban J connectivity index is 4.04. The van der Waals surface area contributed by atoms with Crippen LogP contribution < -0.4 is 4.89 Å². The predicted octanol–water partition coefficient (Wildman–Crippen LogP) is 17.6. The second-order valence-corrected chi connectivity index (χ2v) is 22.0. The molecule has 2 atom stereocenters. The molecule has 0 rings (SSSR count). The highest BCUT2D eigenvalue weighted by molar-refractivity contribution is 7.45. The van der Waals surface area contributed by atoms with Gasteiger partial charge in [-0.3, -0.25) is 9.36 Å². The maximum Gasteiger partial charge on any atom is 0.306 e. The number of phosphoric acid groups is 1. The van der Waals surface area contributed by atoms with Gasteiger partial charge in [-0.25, -0.2) is 0 Å². The van der Waals surface area contributed by atoms with Crippen molar-refractivity contribution in [3.05, 3.63) is 48.6 Å². The topological polar surface area (TPSA) is 94.1 Å². The number of quaternary nitrogens is 1. The molecular formula is C59H112NO7P. The van der Waals surface area contributed by atoms with Gasteiger partial charge in [-0.05, 0) is 51.4 Å². The summed E-state index contributed by atoms with van der Waals surface area (Å²) < 4.78 is 34.9. The van der Waals surface area contributed by atoms with Crippen LogP contribution in [0.5, 0.6) is 0 Å². The van der Waals surface area contributed by atoms with Crippen LogP contribution in [0.2, 0.25) is 0 Å². The van der Waals surface area contributed by atoms with E-state index >= 15 is 0 Å². The van der Waals surface area contributed by atoms with Crippen LogP contribution in [0.3, 0.4) is 0 Å². The summed E-state index contributed by atoms with van der Waals surface area (Å²) in [4.78, 5) is 25.3. The minimum atomic E-state index is -4.53. The van der Waals surface area contributed by atoms with Crippen molar-refractivity contribution in [2.45, 2.75) is 270 Å². The molecule has 0 aromatic rings. The van der Waals surface area contributed by atoms with E-state index in [0.717, 1.165) is 57.8 Å². The lowest BCUT2D eigenvalue weighted by molar-refractivity contribution is -0.870. The van der Waals surface area contributed by atoms with Crippen LogP contribution in [0, 0.1) is 0 Å². The van der Waals surface area contributed by atoms with E-state index in [4.69, 9.17) is 18.5 Å². The molecule has 0 saturated carbocycles. The standard InChI is InChI=1S/C59H112NO7P/c1-6-8-10-12-14-16-18-20-22-24-26-28-29-30-31-32-33-35-37-39-41-43-45-47-49-51-54-64-56-58(57-66-68(62,63)65-55-53-60(3,4)5)67-59(61)52-50-48-46-44-42-40-38-36-34-27-25-23-21-19-17-15-13-11-9-7-2/h8,10,14,16,20,22,26,28,58H,6-7,9,11-13,15,17-19,21,23-25,27,29-57H2,1-5H3/b10-8-,16-14-,22-20-,28-26-. The van der Waals surface area contributed by atoms with Crippen molar-refractivity contribution in [2.75, 3.05) is 54.1 Å². The van der Waals surface area contributed by atoms with Gasteiger partial charge < -0.3 is 27.9 Å².